The smallest absolute Gasteiger partial charge is 0.134 e. The average molecular weight is 253 g/mol. The summed E-state index contributed by atoms with van der Waals surface area (Å²) < 4.78 is 0. The molecule has 88 valence electrons. The summed E-state index contributed by atoms with van der Waals surface area (Å²) >= 11 is 1.58. The normalized spacial score (nSPS) is 10.4. The Labute approximate surface area is 109 Å². The molecule has 2 nitrogen and oxygen atoms in total. The highest BCUT2D eigenvalue weighted by atomic mass is 32.1. The molecule has 1 aromatic carbocycles. The van der Waals surface area contributed by atoms with Gasteiger partial charge in [-0.25, -0.2) is 0 Å². The number of hydrogen-bond acceptors (Lipinski definition) is 3. The van der Waals surface area contributed by atoms with Crippen LogP contribution in [0.15, 0.2) is 60.9 Å². The first-order valence-corrected chi connectivity index (χ1v) is 6.45. The minimum Gasteiger partial charge on any atom is -0.506 e. The van der Waals surface area contributed by atoms with Crippen LogP contribution in [0, 0.1) is 0 Å². The monoisotopic (exact) mass is 253 g/mol. The molecule has 2 aromatic heterocycles. The fraction of sp³-hybridized carbons (Fsp3) is 0. The van der Waals surface area contributed by atoms with Gasteiger partial charge in [0.15, 0.2) is 0 Å². The van der Waals surface area contributed by atoms with E-state index in [0.29, 0.717) is 5.75 Å². The van der Waals surface area contributed by atoms with Crippen LogP contribution in [-0.4, -0.2) is 10.1 Å². The summed E-state index contributed by atoms with van der Waals surface area (Å²) in [5, 5.41) is 10.0. The van der Waals surface area contributed by atoms with Crippen LogP contribution in [0.5, 0.6) is 5.75 Å². The quantitative estimate of drug-likeness (QED) is 0.743. The van der Waals surface area contributed by atoms with E-state index in [9.17, 15) is 5.11 Å². The molecule has 3 aromatic rings. The second-order valence-corrected chi connectivity index (χ2v) is 4.98. The largest absolute Gasteiger partial charge is 0.506 e. The van der Waals surface area contributed by atoms with Crippen LogP contribution in [0.2, 0.25) is 0 Å². The molecule has 0 fully saturated rings. The summed E-state index contributed by atoms with van der Waals surface area (Å²) in [7, 11) is 0. The third-order valence-corrected chi connectivity index (χ3v) is 3.92. The predicted molar refractivity (Wildman–Crippen MR) is 74.7 cm³/mol. The molecule has 0 aliphatic rings. The van der Waals surface area contributed by atoms with E-state index in [0.717, 1.165) is 20.9 Å². The van der Waals surface area contributed by atoms with Gasteiger partial charge in [-0.15, -0.1) is 11.3 Å². The first-order valence-electron chi connectivity index (χ1n) is 5.63. The number of aromatic hydroxyl groups is 1. The van der Waals surface area contributed by atoms with Crippen molar-refractivity contribution in [2.45, 2.75) is 0 Å². The highest BCUT2D eigenvalue weighted by molar-refractivity contribution is 7.19. The zero-order chi connectivity index (χ0) is 12.4. The molecule has 18 heavy (non-hydrogen) atoms. The Hall–Kier alpha value is -2.13. The van der Waals surface area contributed by atoms with Crippen LogP contribution in [0.4, 0.5) is 0 Å². The molecule has 3 rings (SSSR count). The number of rotatable bonds is 2. The Kier molecular flexibility index (Phi) is 2.82. The van der Waals surface area contributed by atoms with E-state index >= 15 is 0 Å². The third-order valence-electron chi connectivity index (χ3n) is 2.69. The molecule has 2 heterocycles. The van der Waals surface area contributed by atoms with E-state index in [1.807, 2.05) is 48.5 Å². The van der Waals surface area contributed by atoms with Gasteiger partial charge in [-0.2, -0.15) is 0 Å². The Morgan fingerprint density at radius 3 is 2.44 bits per heavy atom. The van der Waals surface area contributed by atoms with Crippen molar-refractivity contribution in [2.75, 3.05) is 0 Å². The second-order valence-electron chi connectivity index (χ2n) is 3.93. The van der Waals surface area contributed by atoms with Crippen LogP contribution in [0.25, 0.3) is 20.9 Å². The van der Waals surface area contributed by atoms with Gasteiger partial charge in [-0.1, -0.05) is 36.4 Å². The van der Waals surface area contributed by atoms with Crippen molar-refractivity contribution in [2.24, 2.45) is 0 Å². The van der Waals surface area contributed by atoms with E-state index < -0.39 is 0 Å². The molecule has 0 atom stereocenters. The maximum Gasteiger partial charge on any atom is 0.134 e. The van der Waals surface area contributed by atoms with Crippen molar-refractivity contribution in [1.82, 2.24) is 4.98 Å². The van der Waals surface area contributed by atoms with Gasteiger partial charge >= 0.3 is 0 Å². The van der Waals surface area contributed by atoms with Crippen molar-refractivity contribution < 1.29 is 5.11 Å². The van der Waals surface area contributed by atoms with Crippen LogP contribution in [0.3, 0.4) is 0 Å². The van der Waals surface area contributed by atoms with Crippen molar-refractivity contribution >= 4 is 11.3 Å². The van der Waals surface area contributed by atoms with Gasteiger partial charge in [0.25, 0.3) is 0 Å². The van der Waals surface area contributed by atoms with Crippen LogP contribution in [-0.2, 0) is 0 Å². The predicted octanol–water partition coefficient (Wildman–Crippen LogP) is 4.18. The van der Waals surface area contributed by atoms with Crippen molar-refractivity contribution in [3.05, 3.63) is 60.9 Å². The lowest BCUT2D eigenvalue weighted by Crippen LogP contribution is -1.73. The second kappa shape index (κ2) is 4.63. The molecule has 0 aliphatic carbocycles. The first-order chi connectivity index (χ1) is 8.84. The molecule has 3 heteroatoms. The Balaban J connectivity index is 2.07. The molecule has 0 aliphatic heterocycles. The maximum atomic E-state index is 10.0. The number of aromatic nitrogens is 1. The van der Waals surface area contributed by atoms with Gasteiger partial charge in [0.2, 0.25) is 0 Å². The van der Waals surface area contributed by atoms with E-state index in [-0.39, 0.29) is 0 Å². The van der Waals surface area contributed by atoms with Crippen LogP contribution >= 0.6 is 11.3 Å². The number of benzene rings is 1. The number of hydrogen-bond donors (Lipinski definition) is 1. The van der Waals surface area contributed by atoms with Crippen molar-refractivity contribution in [1.29, 1.82) is 0 Å². The molecular weight excluding hydrogens is 242 g/mol. The highest BCUT2D eigenvalue weighted by Crippen LogP contribution is 2.41. The van der Waals surface area contributed by atoms with Gasteiger partial charge in [0.1, 0.15) is 5.75 Å². The molecule has 0 amide bonds. The van der Waals surface area contributed by atoms with Gasteiger partial charge in [0.05, 0.1) is 4.88 Å². The lowest BCUT2D eigenvalue weighted by atomic mass is 10.2. The maximum absolute atomic E-state index is 10.0. The van der Waals surface area contributed by atoms with Crippen molar-refractivity contribution in [3.8, 4) is 26.6 Å². The molecule has 0 saturated carbocycles. The molecule has 0 unspecified atom stereocenters. The molecule has 0 bridgehead atoms. The van der Waals surface area contributed by atoms with E-state index in [1.165, 1.54) is 0 Å². The van der Waals surface area contributed by atoms with Crippen LogP contribution in [0.1, 0.15) is 0 Å². The SMILES string of the molecule is Oc1cc(-c2ccccc2)sc1-c1cccnc1. The zero-order valence-corrected chi connectivity index (χ0v) is 10.4. The van der Waals surface area contributed by atoms with Gasteiger partial charge < -0.3 is 5.11 Å². The van der Waals surface area contributed by atoms with Gasteiger partial charge in [-0.05, 0) is 17.7 Å². The average Bonchev–Trinajstić information content (AvgIpc) is 2.83. The molecule has 1 N–H and O–H groups in total. The molecular formula is C15H11NOS. The van der Waals surface area contributed by atoms with E-state index in [4.69, 9.17) is 0 Å². The summed E-state index contributed by atoms with van der Waals surface area (Å²) in [5.41, 5.74) is 2.06. The summed E-state index contributed by atoms with van der Waals surface area (Å²) in [6.07, 6.45) is 3.49. The Morgan fingerprint density at radius 1 is 0.944 bits per heavy atom. The number of pyridine rings is 1. The van der Waals surface area contributed by atoms with Gasteiger partial charge in [-0.3, -0.25) is 4.98 Å². The molecule has 0 spiro atoms. The first kappa shape index (κ1) is 11.0. The van der Waals surface area contributed by atoms with Gasteiger partial charge in [0, 0.05) is 22.8 Å². The third kappa shape index (κ3) is 2.00. The highest BCUT2D eigenvalue weighted by Gasteiger charge is 2.11. The van der Waals surface area contributed by atoms with Crippen LogP contribution < -0.4 is 0 Å². The number of thiophene rings is 1. The zero-order valence-electron chi connectivity index (χ0n) is 9.58. The van der Waals surface area contributed by atoms with E-state index in [1.54, 1.807) is 23.7 Å². The number of nitrogens with zero attached hydrogens (tertiary/aromatic N) is 1. The Bertz CT molecular complexity index is 647. The summed E-state index contributed by atoms with van der Waals surface area (Å²) in [5.74, 6) is 0.312. The summed E-state index contributed by atoms with van der Waals surface area (Å²) in [6.45, 7) is 0. The minimum atomic E-state index is 0.312. The topological polar surface area (TPSA) is 33.1 Å². The summed E-state index contributed by atoms with van der Waals surface area (Å²) in [6, 6.07) is 15.7. The lowest BCUT2D eigenvalue weighted by Gasteiger charge is -1.96. The minimum absolute atomic E-state index is 0.312. The summed E-state index contributed by atoms with van der Waals surface area (Å²) in [4.78, 5) is 6.00. The fourth-order valence-corrected chi connectivity index (χ4v) is 2.88. The standard InChI is InChI=1S/C15H11NOS/c17-13-9-14(11-5-2-1-3-6-11)18-15(13)12-7-4-8-16-10-12/h1-10,17H. The molecule has 0 radical (unpaired) electrons. The van der Waals surface area contributed by atoms with Crippen molar-refractivity contribution in [3.63, 3.8) is 0 Å². The Morgan fingerprint density at radius 2 is 1.72 bits per heavy atom. The molecule has 0 saturated heterocycles. The lowest BCUT2D eigenvalue weighted by molar-refractivity contribution is 0.480. The van der Waals surface area contributed by atoms with E-state index in [2.05, 4.69) is 4.98 Å². The fourth-order valence-electron chi connectivity index (χ4n) is 1.83.